The van der Waals surface area contributed by atoms with Gasteiger partial charge >= 0.3 is 0 Å². The molecule has 0 saturated heterocycles. The molecule has 0 aliphatic rings. The lowest BCUT2D eigenvalue weighted by molar-refractivity contribution is -0.126. The van der Waals surface area contributed by atoms with Crippen LogP contribution in [0.3, 0.4) is 0 Å². The van der Waals surface area contributed by atoms with Crippen molar-refractivity contribution in [3.63, 3.8) is 0 Å². The first-order valence-electron chi connectivity index (χ1n) is 7.24. The van der Waals surface area contributed by atoms with Gasteiger partial charge in [-0.15, -0.1) is 0 Å². The highest BCUT2D eigenvalue weighted by Gasteiger charge is 2.36. The maximum atomic E-state index is 12.0. The van der Waals surface area contributed by atoms with Gasteiger partial charge in [0, 0.05) is 5.92 Å². The fourth-order valence-corrected chi connectivity index (χ4v) is 3.55. The molecule has 0 aromatic carbocycles. The first-order chi connectivity index (χ1) is 7.73. The molecule has 1 nitrogen and oxygen atoms in total. The number of hydrogen-bond acceptors (Lipinski definition) is 1. The Bertz CT molecular complexity index is 228. The van der Waals surface area contributed by atoms with E-state index in [-0.39, 0.29) is 5.92 Å². The molecule has 0 N–H and O–H groups in total. The Morgan fingerprint density at radius 1 is 0.882 bits per heavy atom. The molecule has 0 aromatic rings. The Balaban J connectivity index is 5.24. The molecule has 0 aliphatic carbocycles. The lowest BCUT2D eigenvalue weighted by atomic mass is 9.65. The molecule has 102 valence electrons. The van der Waals surface area contributed by atoms with Crippen molar-refractivity contribution in [2.45, 2.75) is 61.8 Å². The van der Waals surface area contributed by atoms with E-state index in [1.165, 1.54) is 6.42 Å². The fraction of sp³-hybridized carbons (Fsp3) is 0.938. The van der Waals surface area contributed by atoms with E-state index in [4.69, 9.17) is 0 Å². The summed E-state index contributed by atoms with van der Waals surface area (Å²) in [6, 6.07) is 0. The molecule has 0 fully saturated rings. The van der Waals surface area contributed by atoms with E-state index in [9.17, 15) is 4.79 Å². The maximum absolute atomic E-state index is 12.0. The van der Waals surface area contributed by atoms with Crippen LogP contribution in [0.5, 0.6) is 0 Å². The second-order valence-electron chi connectivity index (χ2n) is 6.52. The minimum atomic E-state index is 0.224. The standard InChI is InChI=1S/C16H32O/c1-9-14(10(2)3)16(12(6)7)15(11(4)5)13(8)17/h10-12,14-16H,9H2,1-8H3/t14-,15?,16?/m1/s1. The summed E-state index contributed by atoms with van der Waals surface area (Å²) >= 11 is 0. The normalized spacial score (nSPS) is 17.6. The first-order valence-corrected chi connectivity index (χ1v) is 7.24. The largest absolute Gasteiger partial charge is 0.300 e. The van der Waals surface area contributed by atoms with E-state index in [0.29, 0.717) is 35.4 Å². The monoisotopic (exact) mass is 240 g/mol. The highest BCUT2D eigenvalue weighted by Crippen LogP contribution is 2.39. The molecule has 0 aliphatic heterocycles. The highest BCUT2D eigenvalue weighted by atomic mass is 16.1. The molecule has 0 rings (SSSR count). The third-order valence-electron chi connectivity index (χ3n) is 4.19. The molecular formula is C16H32O. The summed E-state index contributed by atoms with van der Waals surface area (Å²) in [6.07, 6.45) is 1.18. The number of hydrogen-bond donors (Lipinski definition) is 0. The number of carbonyl (C=O) groups is 1. The highest BCUT2D eigenvalue weighted by molar-refractivity contribution is 5.78. The summed E-state index contributed by atoms with van der Waals surface area (Å²) in [5, 5.41) is 0. The summed E-state index contributed by atoms with van der Waals surface area (Å²) < 4.78 is 0. The van der Waals surface area contributed by atoms with E-state index in [1.807, 2.05) is 0 Å². The van der Waals surface area contributed by atoms with Gasteiger partial charge in [0.05, 0.1) is 0 Å². The number of Topliss-reactive ketones (excluding diaryl/α,β-unsaturated/α-hetero) is 1. The van der Waals surface area contributed by atoms with Crippen LogP contribution in [0.15, 0.2) is 0 Å². The zero-order valence-electron chi connectivity index (χ0n) is 13.1. The van der Waals surface area contributed by atoms with E-state index in [1.54, 1.807) is 6.92 Å². The summed E-state index contributed by atoms with van der Waals surface area (Å²) in [6.45, 7) is 17.5. The van der Waals surface area contributed by atoms with Gasteiger partial charge in [0.1, 0.15) is 5.78 Å². The van der Waals surface area contributed by atoms with Crippen LogP contribution in [-0.4, -0.2) is 5.78 Å². The average molecular weight is 240 g/mol. The van der Waals surface area contributed by atoms with Gasteiger partial charge in [-0.3, -0.25) is 4.79 Å². The molecule has 0 heterocycles. The molecule has 0 spiro atoms. The lowest BCUT2D eigenvalue weighted by Gasteiger charge is -2.39. The van der Waals surface area contributed by atoms with Crippen LogP contribution in [0.25, 0.3) is 0 Å². The molecule has 1 heteroatoms. The molecule has 0 amide bonds. The van der Waals surface area contributed by atoms with E-state index in [0.717, 1.165) is 0 Å². The molecule has 0 saturated carbocycles. The summed E-state index contributed by atoms with van der Waals surface area (Å²) in [5.41, 5.74) is 0. The van der Waals surface area contributed by atoms with E-state index in [2.05, 4.69) is 48.5 Å². The Morgan fingerprint density at radius 2 is 1.35 bits per heavy atom. The van der Waals surface area contributed by atoms with Crippen LogP contribution in [0, 0.1) is 35.5 Å². The molecule has 0 radical (unpaired) electrons. The maximum Gasteiger partial charge on any atom is 0.133 e. The summed E-state index contributed by atoms with van der Waals surface area (Å²) in [4.78, 5) is 12.0. The van der Waals surface area contributed by atoms with Crippen LogP contribution in [0.2, 0.25) is 0 Å². The number of rotatable bonds is 7. The quantitative estimate of drug-likeness (QED) is 0.624. The predicted octanol–water partition coefficient (Wildman–Crippen LogP) is 4.80. The van der Waals surface area contributed by atoms with E-state index >= 15 is 0 Å². The van der Waals surface area contributed by atoms with Crippen LogP contribution < -0.4 is 0 Å². The van der Waals surface area contributed by atoms with E-state index < -0.39 is 0 Å². The zero-order valence-corrected chi connectivity index (χ0v) is 13.1. The van der Waals surface area contributed by atoms with Gasteiger partial charge in [-0.05, 0) is 36.5 Å². The van der Waals surface area contributed by atoms with Crippen molar-refractivity contribution in [3.8, 4) is 0 Å². The van der Waals surface area contributed by atoms with Crippen molar-refractivity contribution in [2.24, 2.45) is 35.5 Å². The van der Waals surface area contributed by atoms with Crippen molar-refractivity contribution in [1.82, 2.24) is 0 Å². The third kappa shape index (κ3) is 4.44. The van der Waals surface area contributed by atoms with Crippen molar-refractivity contribution in [2.75, 3.05) is 0 Å². The smallest absolute Gasteiger partial charge is 0.133 e. The van der Waals surface area contributed by atoms with Gasteiger partial charge in [-0.2, -0.15) is 0 Å². The Kier molecular flexibility index (Phi) is 7.04. The van der Waals surface area contributed by atoms with Gasteiger partial charge in [-0.1, -0.05) is 54.9 Å². The molecule has 0 aromatic heterocycles. The van der Waals surface area contributed by atoms with Gasteiger partial charge in [-0.25, -0.2) is 0 Å². The SMILES string of the molecule is CC[C@H](C(C)C)C(C(C)C)C(C(C)=O)C(C)C. The number of carbonyl (C=O) groups excluding carboxylic acids is 1. The van der Waals surface area contributed by atoms with Crippen LogP contribution in [-0.2, 0) is 4.79 Å². The van der Waals surface area contributed by atoms with Gasteiger partial charge < -0.3 is 0 Å². The second kappa shape index (κ2) is 7.18. The predicted molar refractivity (Wildman–Crippen MR) is 76.0 cm³/mol. The van der Waals surface area contributed by atoms with Gasteiger partial charge in [0.2, 0.25) is 0 Å². The molecule has 0 bridgehead atoms. The zero-order chi connectivity index (χ0) is 13.7. The Morgan fingerprint density at radius 3 is 1.53 bits per heavy atom. The summed E-state index contributed by atoms with van der Waals surface area (Å²) in [7, 11) is 0. The lowest BCUT2D eigenvalue weighted by Crippen LogP contribution is -2.37. The van der Waals surface area contributed by atoms with Gasteiger partial charge in [0.25, 0.3) is 0 Å². The molecule has 2 unspecified atom stereocenters. The molecule has 3 atom stereocenters. The number of ketones is 1. The average Bonchev–Trinajstić information content (AvgIpc) is 2.15. The van der Waals surface area contributed by atoms with Crippen molar-refractivity contribution in [3.05, 3.63) is 0 Å². The molecule has 17 heavy (non-hydrogen) atoms. The van der Waals surface area contributed by atoms with Gasteiger partial charge in [0.15, 0.2) is 0 Å². The Hall–Kier alpha value is -0.330. The van der Waals surface area contributed by atoms with Crippen LogP contribution >= 0.6 is 0 Å². The Labute approximate surface area is 108 Å². The second-order valence-corrected chi connectivity index (χ2v) is 6.52. The van der Waals surface area contributed by atoms with Crippen LogP contribution in [0.1, 0.15) is 61.8 Å². The van der Waals surface area contributed by atoms with Crippen LogP contribution in [0.4, 0.5) is 0 Å². The first kappa shape index (κ1) is 16.7. The fourth-order valence-electron chi connectivity index (χ4n) is 3.55. The topological polar surface area (TPSA) is 17.1 Å². The van der Waals surface area contributed by atoms with Crippen molar-refractivity contribution < 1.29 is 4.79 Å². The van der Waals surface area contributed by atoms with Crippen molar-refractivity contribution >= 4 is 5.78 Å². The third-order valence-corrected chi connectivity index (χ3v) is 4.19. The minimum absolute atomic E-state index is 0.224. The van der Waals surface area contributed by atoms with Crippen molar-refractivity contribution in [1.29, 1.82) is 0 Å². The minimum Gasteiger partial charge on any atom is -0.300 e. The molecular weight excluding hydrogens is 208 g/mol. The summed E-state index contributed by atoms with van der Waals surface area (Å²) in [5.74, 6) is 3.48.